The van der Waals surface area contributed by atoms with E-state index in [2.05, 4.69) is 43.3 Å². The quantitative estimate of drug-likeness (QED) is 0.0819. The van der Waals surface area contributed by atoms with E-state index in [4.69, 9.17) is 26.1 Å². The molecule has 1 unspecified atom stereocenters. The second-order valence-corrected chi connectivity index (χ2v) is 14.8. The highest BCUT2D eigenvalue weighted by Crippen LogP contribution is 2.41. The van der Waals surface area contributed by atoms with Crippen molar-refractivity contribution in [2.75, 3.05) is 45.2 Å². The number of methoxy groups -OCH3 is 1. The van der Waals surface area contributed by atoms with Crippen LogP contribution >= 0.6 is 0 Å². The Morgan fingerprint density at radius 3 is 2.60 bits per heavy atom. The first-order valence-corrected chi connectivity index (χ1v) is 19.4. The van der Waals surface area contributed by atoms with Gasteiger partial charge >= 0.3 is 12.2 Å². The van der Waals surface area contributed by atoms with Crippen LogP contribution in [0.25, 0.3) is 32.9 Å². The lowest BCUT2D eigenvalue weighted by atomic mass is 9.95. The maximum atomic E-state index is 16.9. The molecule has 10 nitrogen and oxygen atoms in total. The Balaban J connectivity index is 0.000000356. The molecule has 0 saturated carbocycles. The number of aryl methyl sites for hydroxylation is 1. The van der Waals surface area contributed by atoms with Gasteiger partial charge in [0.05, 0.1) is 41.1 Å². The van der Waals surface area contributed by atoms with E-state index < -0.39 is 23.4 Å². The van der Waals surface area contributed by atoms with Crippen LogP contribution in [0, 0.1) is 24.0 Å². The molecule has 3 aromatic heterocycles. The lowest BCUT2D eigenvalue weighted by molar-refractivity contribution is -0.138. The van der Waals surface area contributed by atoms with Gasteiger partial charge in [-0.15, -0.1) is 11.5 Å². The van der Waals surface area contributed by atoms with Crippen LogP contribution in [-0.4, -0.2) is 81.5 Å². The van der Waals surface area contributed by atoms with Crippen LogP contribution in [0.2, 0.25) is 0 Å². The molecule has 0 radical (unpaired) electrons. The Morgan fingerprint density at radius 2 is 1.86 bits per heavy atom. The van der Waals surface area contributed by atoms with Crippen LogP contribution in [0.3, 0.4) is 0 Å². The van der Waals surface area contributed by atoms with Crippen molar-refractivity contribution in [3.63, 3.8) is 0 Å². The molecule has 3 aliphatic heterocycles. The number of terminal acetylenes is 1. The average Bonchev–Trinajstić information content (AvgIpc) is 3.79. The normalized spacial score (nSPS) is 17.5. The number of nitrogens with one attached hydrogen (secondary N) is 2. The van der Waals surface area contributed by atoms with Crippen molar-refractivity contribution < 1.29 is 31.4 Å². The number of anilines is 1. The predicted molar refractivity (Wildman–Crippen MR) is 208 cm³/mol. The first kappa shape index (κ1) is 40.0. The Bertz CT molecular complexity index is 2270. The summed E-state index contributed by atoms with van der Waals surface area (Å²) < 4.78 is 78.6. The Morgan fingerprint density at radius 1 is 1.05 bits per heavy atom. The minimum atomic E-state index is -4.40. The van der Waals surface area contributed by atoms with Gasteiger partial charge in [-0.25, -0.2) is 13.8 Å². The number of alkyl halides is 3. The summed E-state index contributed by atoms with van der Waals surface area (Å²) in [6.45, 7) is 6.54. The highest BCUT2D eigenvalue weighted by Gasteiger charge is 2.45. The smallest absolute Gasteiger partial charge is 0.418 e. The molecule has 1 atom stereocenters. The molecule has 2 saturated heterocycles. The Kier molecular flexibility index (Phi) is 12.0. The van der Waals surface area contributed by atoms with Gasteiger partial charge in [0.15, 0.2) is 5.82 Å². The molecule has 3 aliphatic rings. The van der Waals surface area contributed by atoms with Crippen molar-refractivity contribution in [2.45, 2.75) is 82.5 Å². The van der Waals surface area contributed by atoms with E-state index in [-0.39, 0.29) is 40.2 Å². The van der Waals surface area contributed by atoms with Crippen LogP contribution in [0.1, 0.15) is 75.1 Å². The summed E-state index contributed by atoms with van der Waals surface area (Å²) in [5.74, 6) is 1.76. The molecule has 2 N–H and O–H groups in total. The fourth-order valence-electron chi connectivity index (χ4n) is 8.22. The average molecular weight is 789 g/mol. The molecule has 8 rings (SSSR count). The highest BCUT2D eigenvalue weighted by molar-refractivity contribution is 6.02. The summed E-state index contributed by atoms with van der Waals surface area (Å²) in [7, 11) is 1.23. The highest BCUT2D eigenvalue weighted by atomic mass is 19.4. The largest absolute Gasteiger partial charge is 0.480 e. The van der Waals surface area contributed by atoms with Crippen LogP contribution in [0.4, 0.5) is 27.8 Å². The minimum absolute atomic E-state index is 0.00512. The van der Waals surface area contributed by atoms with Gasteiger partial charge in [0.25, 0.3) is 0 Å². The third-order valence-electron chi connectivity index (χ3n) is 11.1. The number of benzene rings is 2. The van der Waals surface area contributed by atoms with Crippen molar-refractivity contribution in [2.24, 2.45) is 0 Å². The molecule has 0 bridgehead atoms. The number of rotatable bonds is 10. The monoisotopic (exact) mass is 788 g/mol. The number of unbranched alkanes of at least 4 members (excludes halogenated alkanes) is 1. The molecule has 5 aromatic rings. The van der Waals surface area contributed by atoms with E-state index in [0.717, 1.165) is 89.0 Å². The van der Waals surface area contributed by atoms with Gasteiger partial charge in [-0.1, -0.05) is 43.5 Å². The van der Waals surface area contributed by atoms with Crippen molar-refractivity contribution in [1.82, 2.24) is 35.4 Å². The number of fused-ring (bicyclic) bond motifs is 2. The van der Waals surface area contributed by atoms with E-state index in [9.17, 15) is 17.6 Å². The molecule has 57 heavy (non-hydrogen) atoms. The van der Waals surface area contributed by atoms with Crippen molar-refractivity contribution >= 4 is 27.5 Å². The maximum absolute atomic E-state index is 16.9. The zero-order valence-corrected chi connectivity index (χ0v) is 32.0. The zero-order valence-electron chi connectivity index (χ0n) is 32.0. The predicted octanol–water partition coefficient (Wildman–Crippen LogP) is 8.12. The van der Waals surface area contributed by atoms with Gasteiger partial charge in [0.2, 0.25) is 5.88 Å². The van der Waals surface area contributed by atoms with Crippen molar-refractivity contribution in [3.8, 4) is 35.5 Å². The molecule has 2 fully saturated rings. The van der Waals surface area contributed by atoms with Crippen LogP contribution in [-0.2, 0) is 12.6 Å². The second-order valence-electron chi connectivity index (χ2n) is 14.8. The zero-order chi connectivity index (χ0) is 40.2. The summed E-state index contributed by atoms with van der Waals surface area (Å²) >= 11 is 0. The number of hydrogen-bond acceptors (Lipinski definition) is 10. The lowest BCUT2D eigenvalue weighted by Gasteiger charge is -2.31. The van der Waals surface area contributed by atoms with Crippen LogP contribution in [0.5, 0.6) is 11.9 Å². The van der Waals surface area contributed by atoms with Gasteiger partial charge in [0.1, 0.15) is 29.5 Å². The van der Waals surface area contributed by atoms with Gasteiger partial charge in [0, 0.05) is 29.6 Å². The molecule has 0 spiro atoms. The minimum Gasteiger partial charge on any atom is -0.480 e. The summed E-state index contributed by atoms with van der Waals surface area (Å²) in [4.78, 5) is 17.0. The summed E-state index contributed by atoms with van der Waals surface area (Å²) in [5.41, 5.74) is 0.637. The van der Waals surface area contributed by atoms with Gasteiger partial charge in [-0.2, -0.15) is 28.2 Å². The lowest BCUT2D eigenvalue weighted by Crippen LogP contribution is -2.43. The second kappa shape index (κ2) is 17.1. The number of ether oxygens (including phenoxy) is 2. The summed E-state index contributed by atoms with van der Waals surface area (Å²) in [6, 6.07) is 9.47. The standard InChI is InChI=1S/C36H40F2N6O.C6H5F3N2O/c1-3-5-18-39-21-24-11-7-13-28-30-33(42-35(43-34(30)40-24)45-22-36-16-8-19-44(36)20-9-17-36)31(38)32(41-28)26-12-6-10-23-14-15-27(37)25(4-2)29(23)26;1-12-5-2-4(3-10-11-5)6(7,8)9/h2,6,10,12,14-15,24,39H,3,5,7-9,11,13,16-22H2,1H3,(H,40,42,43);2-3H,1H3. The SMILES string of the molecule is C#Cc1c(F)ccc2cccc(-c3nc4c5c(nc(OCC67CCCN6CCC7)nc5c3F)NC(CNCCCC)CCC4)c12.COc1cc(C(F)(F)F)cnn1. The van der Waals surface area contributed by atoms with E-state index in [0.29, 0.717) is 47.1 Å². The molecule has 15 heteroatoms. The number of pyridine rings is 1. The molecular formula is C42H45F5N8O2. The molecule has 0 amide bonds. The third kappa shape index (κ3) is 8.43. The van der Waals surface area contributed by atoms with Crippen LogP contribution < -0.4 is 20.1 Å². The molecule has 0 aliphatic carbocycles. The van der Waals surface area contributed by atoms with Crippen molar-refractivity contribution in [1.29, 1.82) is 0 Å². The van der Waals surface area contributed by atoms with E-state index in [1.165, 1.54) is 13.2 Å². The maximum Gasteiger partial charge on any atom is 0.418 e. The molecule has 300 valence electrons. The number of nitrogens with zero attached hydrogens (tertiary/aromatic N) is 6. The van der Waals surface area contributed by atoms with Gasteiger partial charge in [-0.05, 0) is 82.5 Å². The van der Waals surface area contributed by atoms with Crippen LogP contribution in [0.15, 0.2) is 42.6 Å². The fraction of sp³-hybridized carbons (Fsp3) is 0.452. The first-order valence-electron chi connectivity index (χ1n) is 19.4. The number of hydrogen-bond donors (Lipinski definition) is 2. The van der Waals surface area contributed by atoms with Gasteiger partial charge in [-0.3, -0.25) is 4.90 Å². The Labute approximate surface area is 328 Å². The molecule has 6 heterocycles. The topological polar surface area (TPSA) is 110 Å². The Hall–Kier alpha value is -5.20. The van der Waals surface area contributed by atoms with Gasteiger partial charge < -0.3 is 20.1 Å². The fourth-order valence-corrected chi connectivity index (χ4v) is 8.22. The summed E-state index contributed by atoms with van der Waals surface area (Å²) in [6.07, 6.45) is 11.1. The van der Waals surface area contributed by atoms with Crippen molar-refractivity contribution in [3.05, 3.63) is 71.1 Å². The molecule has 2 aromatic carbocycles. The van der Waals surface area contributed by atoms with E-state index >= 15 is 4.39 Å². The van der Waals surface area contributed by atoms with E-state index in [1.54, 1.807) is 12.1 Å². The van der Waals surface area contributed by atoms with E-state index in [1.807, 2.05) is 12.1 Å². The summed E-state index contributed by atoms with van der Waals surface area (Å²) in [5, 5.41) is 15.4. The number of aromatic nitrogens is 5. The number of halogens is 5. The third-order valence-corrected chi connectivity index (χ3v) is 11.1. The first-order chi connectivity index (χ1) is 27.5. The molecular weight excluding hydrogens is 744 g/mol.